The quantitative estimate of drug-likeness (QED) is 0.230. The van der Waals surface area contributed by atoms with E-state index >= 15 is 0 Å². The van der Waals surface area contributed by atoms with E-state index in [1.165, 1.54) is 28.4 Å². The van der Waals surface area contributed by atoms with E-state index in [2.05, 4.69) is 15.5 Å². The molecular formula is C23H23N5O5S3. The molecule has 2 aromatic rings. The molecule has 36 heavy (non-hydrogen) atoms. The van der Waals surface area contributed by atoms with E-state index in [0.29, 0.717) is 16.2 Å². The van der Waals surface area contributed by atoms with E-state index in [4.69, 9.17) is 5.73 Å². The van der Waals surface area contributed by atoms with Gasteiger partial charge in [-0.2, -0.15) is 0 Å². The summed E-state index contributed by atoms with van der Waals surface area (Å²) in [4.78, 5) is 55.9. The summed E-state index contributed by atoms with van der Waals surface area (Å²) in [6.07, 6.45) is 3.28. The zero-order valence-corrected chi connectivity index (χ0v) is 21.5. The van der Waals surface area contributed by atoms with Gasteiger partial charge in [-0.15, -0.1) is 28.4 Å². The molecule has 10 nitrogen and oxygen atoms in total. The highest BCUT2D eigenvalue weighted by molar-refractivity contribution is 8.06. The molecule has 0 bridgehead atoms. The van der Waals surface area contributed by atoms with Gasteiger partial charge >= 0.3 is 5.97 Å². The average molecular weight is 546 g/mol. The molecule has 4 N–H and O–H groups in total. The molecule has 1 aromatic carbocycles. The summed E-state index contributed by atoms with van der Waals surface area (Å²) in [5, 5.41) is 14.6. The number of nitroso groups, excluding NO2 is 1. The number of nitrogens with zero attached hydrogens (tertiary/aromatic N) is 3. The largest absolute Gasteiger partial charge is 0.477 e. The zero-order chi connectivity index (χ0) is 25.8. The Labute approximate surface area is 219 Å². The number of β-lactam (4-membered cyclic amide) rings is 1. The van der Waals surface area contributed by atoms with Crippen molar-refractivity contribution in [2.24, 2.45) is 10.9 Å². The number of aromatic nitrogens is 1. The summed E-state index contributed by atoms with van der Waals surface area (Å²) in [5.41, 5.74) is 7.34. The molecule has 1 saturated heterocycles. The second kappa shape index (κ2) is 11.5. The second-order valence-electron chi connectivity index (χ2n) is 7.78. The number of fused-ring (bicyclic) bond motifs is 1. The van der Waals surface area contributed by atoms with E-state index in [9.17, 15) is 24.4 Å². The highest BCUT2D eigenvalue weighted by atomic mass is 32.2. The van der Waals surface area contributed by atoms with Gasteiger partial charge in [0.15, 0.2) is 6.04 Å². The minimum atomic E-state index is -1.31. The van der Waals surface area contributed by atoms with Gasteiger partial charge in [0.1, 0.15) is 17.1 Å². The van der Waals surface area contributed by atoms with Crippen LogP contribution in [0.1, 0.15) is 29.5 Å². The fourth-order valence-electron chi connectivity index (χ4n) is 3.90. The van der Waals surface area contributed by atoms with Crippen molar-refractivity contribution in [2.75, 3.05) is 11.5 Å². The number of thioether (sulfide) groups is 3. The van der Waals surface area contributed by atoms with Crippen molar-refractivity contribution < 1.29 is 19.5 Å². The van der Waals surface area contributed by atoms with Crippen LogP contribution < -0.4 is 11.1 Å². The smallest absolute Gasteiger partial charge is 0.353 e. The van der Waals surface area contributed by atoms with Gasteiger partial charge in [0.05, 0.1) is 5.37 Å². The van der Waals surface area contributed by atoms with Gasteiger partial charge in [-0.1, -0.05) is 54.2 Å². The van der Waals surface area contributed by atoms with E-state index in [1.54, 1.807) is 60.6 Å². The Morgan fingerprint density at radius 2 is 2.08 bits per heavy atom. The summed E-state index contributed by atoms with van der Waals surface area (Å²) in [6, 6.07) is 7.82. The van der Waals surface area contributed by atoms with Gasteiger partial charge < -0.3 is 16.2 Å². The number of benzene rings is 1. The van der Waals surface area contributed by atoms with Gasteiger partial charge in [-0.05, 0) is 17.4 Å². The number of nitrogens with one attached hydrogen (secondary N) is 1. The van der Waals surface area contributed by atoms with Crippen LogP contribution in [0.4, 0.5) is 0 Å². The number of aliphatic carboxylic acids is 1. The Bertz CT molecular complexity index is 1210. The molecule has 2 aliphatic heterocycles. The van der Waals surface area contributed by atoms with Gasteiger partial charge in [-0.25, -0.2) is 4.79 Å². The van der Waals surface area contributed by atoms with Crippen LogP contribution in [0, 0.1) is 4.91 Å². The summed E-state index contributed by atoms with van der Waals surface area (Å²) in [5.74, 6) is -1.37. The third-order valence-corrected chi connectivity index (χ3v) is 9.18. The van der Waals surface area contributed by atoms with Crippen molar-refractivity contribution in [3.8, 4) is 0 Å². The van der Waals surface area contributed by atoms with Gasteiger partial charge in [0.2, 0.25) is 0 Å². The number of carbonyl (C=O) groups excluding carboxylic acids is 2. The first-order chi connectivity index (χ1) is 17.4. The van der Waals surface area contributed by atoms with Crippen LogP contribution in [0.3, 0.4) is 0 Å². The number of nitrogens with two attached hydrogens (primary N) is 1. The maximum atomic E-state index is 13.0. The Morgan fingerprint density at radius 3 is 2.75 bits per heavy atom. The number of carboxylic acid groups (broad SMARTS) is 1. The molecule has 0 spiro atoms. The van der Waals surface area contributed by atoms with E-state index in [0.717, 1.165) is 16.2 Å². The summed E-state index contributed by atoms with van der Waals surface area (Å²) in [6.45, 7) is 1.99. The molecule has 4 atom stereocenters. The van der Waals surface area contributed by atoms with Crippen LogP contribution in [-0.4, -0.2) is 55.7 Å². The first-order valence-electron chi connectivity index (χ1n) is 10.9. The lowest BCUT2D eigenvalue weighted by molar-refractivity contribution is -0.150. The minimum Gasteiger partial charge on any atom is -0.477 e. The predicted molar refractivity (Wildman–Crippen MR) is 140 cm³/mol. The number of rotatable bonds is 10. The molecule has 1 fully saturated rings. The maximum Gasteiger partial charge on any atom is 0.353 e. The van der Waals surface area contributed by atoms with Crippen LogP contribution in [0.15, 0.2) is 69.5 Å². The standard InChI is InChI=1S/C23H23N5O5S3/c1-2-34-19(24)13-10-25-9-8-14(13)36-15-11-35-22-17(21(30)28(22)18(15)23(31)32)26-20(29)16(27-33)12-6-4-3-5-7-12/h3-10,16-17,19,22H,2,11,24H2,1H3,(H,26,29)(H,31,32)/t16?,17-,19?,22+/m1/s1. The minimum absolute atomic E-state index is 0.119. The Kier molecular flexibility index (Phi) is 8.34. The molecule has 188 valence electrons. The first kappa shape index (κ1) is 26.2. The summed E-state index contributed by atoms with van der Waals surface area (Å²) >= 11 is 4.13. The van der Waals surface area contributed by atoms with Crippen LogP contribution in [0.5, 0.6) is 0 Å². The lowest BCUT2D eigenvalue weighted by Gasteiger charge is -2.49. The molecule has 2 unspecified atom stereocenters. The normalized spacial score (nSPS) is 20.7. The molecule has 2 aliphatic rings. The van der Waals surface area contributed by atoms with Crippen molar-refractivity contribution in [1.29, 1.82) is 0 Å². The molecule has 0 saturated carbocycles. The van der Waals surface area contributed by atoms with Crippen LogP contribution in [0.25, 0.3) is 0 Å². The van der Waals surface area contributed by atoms with Crippen molar-refractivity contribution in [3.63, 3.8) is 0 Å². The van der Waals surface area contributed by atoms with Crippen molar-refractivity contribution in [1.82, 2.24) is 15.2 Å². The SMILES string of the molecule is CCSC(N)c1cnccc1SC1=C(C(=O)O)N2C(=O)[C@@H](NC(=O)C(N=O)c3ccccc3)[C@@H]2SC1. The monoisotopic (exact) mass is 545 g/mol. The summed E-state index contributed by atoms with van der Waals surface area (Å²) in [7, 11) is 0. The molecule has 2 amide bonds. The molecule has 4 rings (SSSR count). The topological polar surface area (TPSA) is 155 Å². The molecular weight excluding hydrogens is 522 g/mol. The van der Waals surface area contributed by atoms with Gasteiger partial charge in [0.25, 0.3) is 11.8 Å². The van der Waals surface area contributed by atoms with Gasteiger partial charge in [0, 0.05) is 33.5 Å². The number of hydrogen-bond acceptors (Lipinski definition) is 10. The van der Waals surface area contributed by atoms with Crippen LogP contribution in [-0.2, 0) is 14.4 Å². The fraction of sp³-hybridized carbons (Fsp3) is 0.304. The molecule has 0 aliphatic carbocycles. The third-order valence-electron chi connectivity index (χ3n) is 5.60. The van der Waals surface area contributed by atoms with Crippen molar-refractivity contribution in [2.45, 2.75) is 34.7 Å². The summed E-state index contributed by atoms with van der Waals surface area (Å²) < 4.78 is 0. The highest BCUT2D eigenvalue weighted by Crippen LogP contribution is 2.46. The number of hydrogen-bond donors (Lipinski definition) is 3. The lowest BCUT2D eigenvalue weighted by atomic mass is 10.0. The fourth-order valence-corrected chi connectivity index (χ4v) is 7.31. The van der Waals surface area contributed by atoms with Crippen molar-refractivity contribution >= 4 is 53.1 Å². The molecule has 1 aromatic heterocycles. The Balaban J connectivity index is 1.54. The van der Waals surface area contributed by atoms with Crippen LogP contribution in [0.2, 0.25) is 0 Å². The lowest BCUT2D eigenvalue weighted by Crippen LogP contribution is -2.70. The number of carbonyl (C=O) groups is 3. The first-order valence-corrected chi connectivity index (χ1v) is 13.9. The number of carboxylic acids is 1. The zero-order valence-electron chi connectivity index (χ0n) is 19.1. The van der Waals surface area contributed by atoms with Gasteiger partial charge in [-0.3, -0.25) is 19.5 Å². The second-order valence-corrected chi connectivity index (χ2v) is 11.4. The highest BCUT2D eigenvalue weighted by Gasteiger charge is 2.54. The van der Waals surface area contributed by atoms with E-state index < -0.39 is 35.2 Å². The Morgan fingerprint density at radius 1 is 1.33 bits per heavy atom. The number of amides is 2. The van der Waals surface area contributed by atoms with E-state index in [1.807, 2.05) is 6.92 Å². The van der Waals surface area contributed by atoms with Crippen LogP contribution >= 0.6 is 35.3 Å². The van der Waals surface area contributed by atoms with Crippen molar-refractivity contribution in [3.05, 3.63) is 75.4 Å². The third kappa shape index (κ3) is 5.14. The number of pyridine rings is 1. The average Bonchev–Trinajstić information content (AvgIpc) is 2.88. The molecule has 3 heterocycles. The molecule has 0 radical (unpaired) electrons. The predicted octanol–water partition coefficient (Wildman–Crippen LogP) is 3.09. The maximum absolute atomic E-state index is 13.0. The Hall–Kier alpha value is -2.87. The molecule has 13 heteroatoms. The van der Waals surface area contributed by atoms with E-state index in [-0.39, 0.29) is 11.1 Å².